The number of fused-ring (bicyclic) bond motifs is 1. The average Bonchev–Trinajstić information content (AvgIpc) is 3.36. The van der Waals surface area contributed by atoms with E-state index in [4.69, 9.17) is 4.42 Å². The number of imidazole rings is 1. The number of H-pyrrole nitrogens is 1. The molecule has 124 valence electrons. The number of aromatic nitrogens is 4. The number of hydrogen-bond donors (Lipinski definition) is 1. The molecule has 0 atom stereocenters. The zero-order valence-electron chi connectivity index (χ0n) is 13.8. The summed E-state index contributed by atoms with van der Waals surface area (Å²) >= 11 is 0. The average molecular weight is 338 g/mol. The molecule has 0 aliphatic heterocycles. The van der Waals surface area contributed by atoms with Crippen molar-refractivity contribution in [1.82, 2.24) is 20.2 Å². The number of rotatable bonds is 3. The zero-order valence-corrected chi connectivity index (χ0v) is 13.8. The summed E-state index contributed by atoms with van der Waals surface area (Å²) in [6.45, 7) is 0. The maximum Gasteiger partial charge on any atom is 0.248 e. The van der Waals surface area contributed by atoms with Gasteiger partial charge >= 0.3 is 0 Å². The largest absolute Gasteiger partial charge is 0.416 e. The quantitative estimate of drug-likeness (QED) is 0.505. The van der Waals surface area contributed by atoms with Crippen molar-refractivity contribution in [2.24, 2.45) is 0 Å². The molecule has 5 rings (SSSR count). The van der Waals surface area contributed by atoms with E-state index < -0.39 is 0 Å². The lowest BCUT2D eigenvalue weighted by molar-refractivity contribution is 0.585. The van der Waals surface area contributed by atoms with Crippen LogP contribution in [0.3, 0.4) is 0 Å². The van der Waals surface area contributed by atoms with Crippen LogP contribution in [0.5, 0.6) is 0 Å². The molecule has 0 aliphatic rings. The van der Waals surface area contributed by atoms with Gasteiger partial charge in [0.15, 0.2) is 0 Å². The standard InChI is InChI=1S/C21H14N4O/c1-2-8-14(9-3-1)20-24-25-21(26-20)16-11-5-4-10-15(16)19-22-17-12-6-7-13-18(17)23-19/h1-13H,(H,22,23). The van der Waals surface area contributed by atoms with E-state index in [1.165, 1.54) is 0 Å². The zero-order chi connectivity index (χ0) is 17.3. The fourth-order valence-electron chi connectivity index (χ4n) is 2.99. The van der Waals surface area contributed by atoms with Crippen LogP contribution < -0.4 is 0 Å². The summed E-state index contributed by atoms with van der Waals surface area (Å²) in [4.78, 5) is 8.05. The van der Waals surface area contributed by atoms with Crippen LogP contribution in [0.15, 0.2) is 83.3 Å². The Hall–Kier alpha value is -3.73. The minimum Gasteiger partial charge on any atom is -0.416 e. The summed E-state index contributed by atoms with van der Waals surface area (Å²) in [6, 6.07) is 25.6. The van der Waals surface area contributed by atoms with Crippen molar-refractivity contribution < 1.29 is 4.42 Å². The summed E-state index contributed by atoms with van der Waals surface area (Å²) < 4.78 is 5.93. The lowest BCUT2D eigenvalue weighted by atomic mass is 10.1. The van der Waals surface area contributed by atoms with Crippen LogP contribution in [0.2, 0.25) is 0 Å². The van der Waals surface area contributed by atoms with Crippen molar-refractivity contribution in [3.05, 3.63) is 78.9 Å². The Labute approximate surface area is 149 Å². The number of para-hydroxylation sites is 2. The molecule has 0 bridgehead atoms. The fraction of sp³-hybridized carbons (Fsp3) is 0. The minimum atomic E-state index is 0.472. The third kappa shape index (κ3) is 2.46. The first-order valence-electron chi connectivity index (χ1n) is 8.32. The third-order valence-corrected chi connectivity index (χ3v) is 4.25. The predicted octanol–water partition coefficient (Wildman–Crippen LogP) is 4.95. The Kier molecular flexibility index (Phi) is 3.35. The van der Waals surface area contributed by atoms with Gasteiger partial charge in [-0.05, 0) is 30.3 Å². The van der Waals surface area contributed by atoms with E-state index in [0.29, 0.717) is 11.8 Å². The van der Waals surface area contributed by atoms with Gasteiger partial charge in [-0.2, -0.15) is 0 Å². The number of benzene rings is 3. The van der Waals surface area contributed by atoms with E-state index in [1.807, 2.05) is 78.9 Å². The number of aromatic amines is 1. The molecule has 0 unspecified atom stereocenters. The smallest absolute Gasteiger partial charge is 0.248 e. The maximum atomic E-state index is 5.93. The van der Waals surface area contributed by atoms with Crippen LogP contribution in [0, 0.1) is 0 Å². The van der Waals surface area contributed by atoms with E-state index in [2.05, 4.69) is 20.2 Å². The van der Waals surface area contributed by atoms with Crippen molar-refractivity contribution in [2.75, 3.05) is 0 Å². The summed E-state index contributed by atoms with van der Waals surface area (Å²) in [5.41, 5.74) is 4.58. The molecule has 0 radical (unpaired) electrons. The highest BCUT2D eigenvalue weighted by atomic mass is 16.4. The van der Waals surface area contributed by atoms with Gasteiger partial charge in [-0.1, -0.05) is 48.5 Å². The van der Waals surface area contributed by atoms with Crippen LogP contribution in [0.1, 0.15) is 0 Å². The summed E-state index contributed by atoms with van der Waals surface area (Å²) in [7, 11) is 0. The van der Waals surface area contributed by atoms with Gasteiger partial charge in [0.2, 0.25) is 11.8 Å². The Balaban J connectivity index is 1.62. The Bertz CT molecular complexity index is 1160. The molecular formula is C21H14N4O. The molecule has 2 heterocycles. The topological polar surface area (TPSA) is 67.6 Å². The first-order valence-corrected chi connectivity index (χ1v) is 8.32. The highest BCUT2D eigenvalue weighted by Crippen LogP contribution is 2.32. The van der Waals surface area contributed by atoms with Crippen molar-refractivity contribution in [3.63, 3.8) is 0 Å². The summed E-state index contributed by atoms with van der Waals surface area (Å²) in [5, 5.41) is 8.44. The van der Waals surface area contributed by atoms with Gasteiger partial charge in [-0.25, -0.2) is 4.98 Å². The van der Waals surface area contributed by atoms with E-state index in [-0.39, 0.29) is 0 Å². The molecule has 3 aromatic carbocycles. The van der Waals surface area contributed by atoms with Gasteiger partial charge in [0.25, 0.3) is 0 Å². The summed E-state index contributed by atoms with van der Waals surface area (Å²) in [6.07, 6.45) is 0. The van der Waals surface area contributed by atoms with Crippen molar-refractivity contribution in [3.8, 4) is 34.3 Å². The van der Waals surface area contributed by atoms with E-state index >= 15 is 0 Å². The van der Waals surface area contributed by atoms with Crippen molar-refractivity contribution in [1.29, 1.82) is 0 Å². The fourth-order valence-corrected chi connectivity index (χ4v) is 2.99. The Morgan fingerprint density at radius 2 is 1.35 bits per heavy atom. The first-order chi connectivity index (χ1) is 12.9. The van der Waals surface area contributed by atoms with Crippen LogP contribution >= 0.6 is 0 Å². The molecule has 5 aromatic rings. The first kappa shape index (κ1) is 14.6. The van der Waals surface area contributed by atoms with Crippen LogP contribution in [0.25, 0.3) is 45.3 Å². The molecule has 0 aliphatic carbocycles. The second-order valence-electron chi connectivity index (χ2n) is 5.93. The Morgan fingerprint density at radius 3 is 2.19 bits per heavy atom. The van der Waals surface area contributed by atoms with Crippen molar-refractivity contribution in [2.45, 2.75) is 0 Å². The van der Waals surface area contributed by atoms with Crippen LogP contribution in [-0.2, 0) is 0 Å². The second-order valence-corrected chi connectivity index (χ2v) is 5.93. The highest BCUT2D eigenvalue weighted by molar-refractivity contribution is 5.83. The van der Waals surface area contributed by atoms with E-state index in [9.17, 15) is 0 Å². The molecule has 2 aromatic heterocycles. The number of hydrogen-bond acceptors (Lipinski definition) is 4. The van der Waals surface area contributed by atoms with Gasteiger partial charge in [0.1, 0.15) is 5.82 Å². The molecule has 0 spiro atoms. The van der Waals surface area contributed by atoms with Crippen LogP contribution in [0.4, 0.5) is 0 Å². The molecule has 0 amide bonds. The minimum absolute atomic E-state index is 0.472. The van der Waals surface area contributed by atoms with Gasteiger partial charge in [0, 0.05) is 16.7 Å². The molecule has 0 saturated heterocycles. The van der Waals surface area contributed by atoms with Gasteiger partial charge < -0.3 is 9.40 Å². The lowest BCUT2D eigenvalue weighted by Gasteiger charge is -2.02. The molecule has 5 heteroatoms. The van der Waals surface area contributed by atoms with Gasteiger partial charge in [-0.15, -0.1) is 10.2 Å². The summed E-state index contributed by atoms with van der Waals surface area (Å²) in [5.74, 6) is 1.75. The van der Waals surface area contributed by atoms with Crippen LogP contribution in [-0.4, -0.2) is 20.2 Å². The number of nitrogens with one attached hydrogen (secondary N) is 1. The normalized spacial score (nSPS) is 11.1. The Morgan fingerprint density at radius 1 is 0.654 bits per heavy atom. The monoisotopic (exact) mass is 338 g/mol. The van der Waals surface area contributed by atoms with Gasteiger partial charge in [0.05, 0.1) is 11.0 Å². The third-order valence-electron chi connectivity index (χ3n) is 4.25. The van der Waals surface area contributed by atoms with Gasteiger partial charge in [-0.3, -0.25) is 0 Å². The molecule has 26 heavy (non-hydrogen) atoms. The maximum absolute atomic E-state index is 5.93. The van der Waals surface area contributed by atoms with E-state index in [1.54, 1.807) is 0 Å². The van der Waals surface area contributed by atoms with E-state index in [0.717, 1.165) is 33.5 Å². The van der Waals surface area contributed by atoms with Crippen molar-refractivity contribution >= 4 is 11.0 Å². The highest BCUT2D eigenvalue weighted by Gasteiger charge is 2.16. The molecule has 0 fully saturated rings. The number of nitrogens with zero attached hydrogens (tertiary/aromatic N) is 3. The molecule has 5 nitrogen and oxygen atoms in total. The predicted molar refractivity (Wildman–Crippen MR) is 100 cm³/mol. The SMILES string of the molecule is c1ccc(-c2nnc(-c3ccccc3-c3nc4ccccc4[nH]3)o2)cc1. The molecule has 0 saturated carbocycles. The molecule has 1 N–H and O–H groups in total. The molecular weight excluding hydrogens is 324 g/mol. The lowest BCUT2D eigenvalue weighted by Crippen LogP contribution is -1.87. The second kappa shape index (κ2) is 5.97.